The second kappa shape index (κ2) is 5.66. The number of hydrogen-bond donors (Lipinski definition) is 2. The first-order chi connectivity index (χ1) is 9.47. The van der Waals surface area contributed by atoms with E-state index < -0.39 is 17.7 Å². The molecular weight excluding hydrogens is 287 g/mol. The zero-order valence-electron chi connectivity index (χ0n) is 9.93. The van der Waals surface area contributed by atoms with E-state index >= 15 is 0 Å². The summed E-state index contributed by atoms with van der Waals surface area (Å²) < 4.78 is 13.1. The molecule has 2 rings (SSSR count). The first-order valence-electron chi connectivity index (χ1n) is 5.44. The largest absolute Gasteiger partial charge is 0.477 e. The summed E-state index contributed by atoms with van der Waals surface area (Å²) in [6, 6.07) is 7.50. The number of benzene rings is 1. The highest BCUT2D eigenvalue weighted by atomic mass is 35.5. The summed E-state index contributed by atoms with van der Waals surface area (Å²) in [7, 11) is 0. The van der Waals surface area contributed by atoms with Gasteiger partial charge in [-0.25, -0.2) is 14.2 Å². The summed E-state index contributed by atoms with van der Waals surface area (Å²) in [5.41, 5.74) is -0.285. The monoisotopic (exact) mass is 294 g/mol. The Balaban J connectivity index is 2.26. The van der Waals surface area contributed by atoms with E-state index in [2.05, 4.69) is 10.3 Å². The molecular formula is C13H8ClFN2O3. The van der Waals surface area contributed by atoms with E-state index in [1.54, 1.807) is 0 Å². The number of pyridine rings is 1. The number of carboxylic acid groups (broad SMARTS) is 1. The number of nitrogens with zero attached hydrogens (tertiary/aromatic N) is 1. The number of halogens is 2. The van der Waals surface area contributed by atoms with Crippen molar-refractivity contribution in [2.24, 2.45) is 0 Å². The van der Waals surface area contributed by atoms with Gasteiger partial charge in [0.15, 0.2) is 0 Å². The van der Waals surface area contributed by atoms with Crippen LogP contribution in [-0.4, -0.2) is 22.0 Å². The molecule has 0 bridgehead atoms. The Morgan fingerprint density at radius 2 is 1.90 bits per heavy atom. The highest BCUT2D eigenvalue weighted by Gasteiger charge is 2.13. The fourth-order valence-electron chi connectivity index (χ4n) is 1.46. The molecule has 1 heterocycles. The average Bonchev–Trinajstić information content (AvgIpc) is 2.43. The molecule has 0 aliphatic carbocycles. The molecule has 0 atom stereocenters. The second-order valence-corrected chi connectivity index (χ2v) is 4.20. The Labute approximate surface area is 118 Å². The van der Waals surface area contributed by atoms with Crippen molar-refractivity contribution >= 4 is 29.2 Å². The first-order valence-corrected chi connectivity index (χ1v) is 5.82. The Morgan fingerprint density at radius 3 is 2.60 bits per heavy atom. The van der Waals surface area contributed by atoms with Crippen molar-refractivity contribution in [3.63, 3.8) is 0 Å². The van der Waals surface area contributed by atoms with Gasteiger partial charge in [-0.1, -0.05) is 17.7 Å². The number of carboxylic acids is 1. The van der Waals surface area contributed by atoms with E-state index in [0.717, 1.165) is 12.1 Å². The van der Waals surface area contributed by atoms with Crippen molar-refractivity contribution in [1.82, 2.24) is 4.98 Å². The van der Waals surface area contributed by atoms with Crippen LogP contribution < -0.4 is 5.32 Å². The third-order valence-corrected chi connectivity index (χ3v) is 2.71. The zero-order chi connectivity index (χ0) is 14.7. The van der Waals surface area contributed by atoms with Crippen molar-refractivity contribution in [2.75, 3.05) is 5.32 Å². The van der Waals surface area contributed by atoms with E-state index in [0.29, 0.717) is 0 Å². The number of rotatable bonds is 3. The Hall–Kier alpha value is -2.47. The lowest BCUT2D eigenvalue weighted by atomic mass is 10.2. The summed E-state index contributed by atoms with van der Waals surface area (Å²) in [5, 5.41) is 11.3. The quantitative estimate of drug-likeness (QED) is 0.912. The minimum absolute atomic E-state index is 0.0826. The maximum absolute atomic E-state index is 13.1. The molecule has 1 aromatic heterocycles. The van der Waals surface area contributed by atoms with Crippen LogP contribution in [0.15, 0.2) is 36.4 Å². The molecule has 0 saturated carbocycles. The van der Waals surface area contributed by atoms with Crippen LogP contribution in [0.1, 0.15) is 21.0 Å². The number of nitrogens with one attached hydrogen (secondary N) is 1. The normalized spacial score (nSPS) is 10.1. The van der Waals surface area contributed by atoms with Crippen molar-refractivity contribution in [2.45, 2.75) is 0 Å². The maximum atomic E-state index is 13.1. The van der Waals surface area contributed by atoms with Crippen LogP contribution in [0.4, 0.5) is 10.1 Å². The fraction of sp³-hybridized carbons (Fsp3) is 0. The van der Waals surface area contributed by atoms with E-state index in [1.165, 1.54) is 24.3 Å². The van der Waals surface area contributed by atoms with E-state index in [-0.39, 0.29) is 22.1 Å². The third-order valence-electron chi connectivity index (χ3n) is 2.38. The molecule has 20 heavy (non-hydrogen) atoms. The predicted molar refractivity (Wildman–Crippen MR) is 70.6 cm³/mol. The van der Waals surface area contributed by atoms with Crippen molar-refractivity contribution in [1.29, 1.82) is 0 Å². The second-order valence-electron chi connectivity index (χ2n) is 3.79. The van der Waals surface area contributed by atoms with Crippen molar-refractivity contribution in [3.05, 3.63) is 58.6 Å². The molecule has 7 heteroatoms. The molecule has 5 nitrogen and oxygen atoms in total. The van der Waals surface area contributed by atoms with Crippen LogP contribution in [-0.2, 0) is 0 Å². The summed E-state index contributed by atoms with van der Waals surface area (Å²) in [4.78, 5) is 26.3. The molecule has 0 spiro atoms. The number of amides is 1. The van der Waals surface area contributed by atoms with Gasteiger partial charge in [-0.15, -0.1) is 0 Å². The van der Waals surface area contributed by atoms with Crippen LogP contribution in [0.3, 0.4) is 0 Å². The summed E-state index contributed by atoms with van der Waals surface area (Å²) in [6.45, 7) is 0. The molecule has 1 aromatic carbocycles. The molecule has 102 valence electrons. The smallest absolute Gasteiger partial charge is 0.354 e. The lowest BCUT2D eigenvalue weighted by molar-refractivity contribution is 0.0690. The van der Waals surface area contributed by atoms with Gasteiger partial charge in [0.25, 0.3) is 5.91 Å². The molecule has 0 unspecified atom stereocenters. The van der Waals surface area contributed by atoms with Crippen LogP contribution in [0, 0.1) is 5.82 Å². The standard InChI is InChI=1S/C13H8ClFN2O3/c14-8-5-4-7(15)6-11(8)17-12(18)9-2-1-3-10(16-9)13(19)20/h1-6H,(H,17,18)(H,19,20). The Morgan fingerprint density at radius 1 is 1.20 bits per heavy atom. The van der Waals surface area contributed by atoms with Crippen LogP contribution >= 0.6 is 11.6 Å². The minimum Gasteiger partial charge on any atom is -0.477 e. The lowest BCUT2D eigenvalue weighted by Crippen LogP contribution is -2.15. The molecule has 1 amide bonds. The summed E-state index contributed by atoms with van der Waals surface area (Å²) in [5.74, 6) is -2.49. The number of aromatic nitrogens is 1. The van der Waals surface area contributed by atoms with Crippen molar-refractivity contribution in [3.8, 4) is 0 Å². The molecule has 0 fully saturated rings. The van der Waals surface area contributed by atoms with Gasteiger partial charge in [-0.05, 0) is 30.3 Å². The van der Waals surface area contributed by atoms with Gasteiger partial charge in [0.1, 0.15) is 17.2 Å². The summed E-state index contributed by atoms with van der Waals surface area (Å²) >= 11 is 5.81. The summed E-state index contributed by atoms with van der Waals surface area (Å²) in [6.07, 6.45) is 0. The zero-order valence-corrected chi connectivity index (χ0v) is 10.7. The maximum Gasteiger partial charge on any atom is 0.354 e. The Bertz CT molecular complexity index is 691. The Kier molecular flexibility index (Phi) is 3.95. The molecule has 0 radical (unpaired) electrons. The SMILES string of the molecule is O=C(O)c1cccc(C(=O)Nc2cc(F)ccc2Cl)n1. The van der Waals surface area contributed by atoms with Gasteiger partial charge in [0.05, 0.1) is 10.7 Å². The molecule has 0 saturated heterocycles. The average molecular weight is 295 g/mol. The van der Waals surface area contributed by atoms with Crippen LogP contribution in [0.2, 0.25) is 5.02 Å². The van der Waals surface area contributed by atoms with E-state index in [9.17, 15) is 14.0 Å². The molecule has 2 aromatic rings. The predicted octanol–water partition coefficient (Wildman–Crippen LogP) is 2.82. The molecule has 0 aliphatic heterocycles. The van der Waals surface area contributed by atoms with Gasteiger partial charge < -0.3 is 10.4 Å². The third kappa shape index (κ3) is 3.10. The molecule has 0 aliphatic rings. The van der Waals surface area contributed by atoms with E-state index in [4.69, 9.17) is 16.7 Å². The van der Waals surface area contributed by atoms with Crippen molar-refractivity contribution < 1.29 is 19.1 Å². The van der Waals surface area contributed by atoms with Gasteiger partial charge >= 0.3 is 5.97 Å². The number of hydrogen-bond acceptors (Lipinski definition) is 3. The lowest BCUT2D eigenvalue weighted by Gasteiger charge is -2.07. The first kappa shape index (κ1) is 14.0. The minimum atomic E-state index is -1.25. The number of anilines is 1. The van der Waals surface area contributed by atoms with Gasteiger partial charge in [-0.2, -0.15) is 0 Å². The molecule has 2 N–H and O–H groups in total. The topological polar surface area (TPSA) is 79.3 Å². The fourth-order valence-corrected chi connectivity index (χ4v) is 1.62. The van der Waals surface area contributed by atoms with Crippen LogP contribution in [0.5, 0.6) is 0 Å². The van der Waals surface area contributed by atoms with Gasteiger partial charge in [0.2, 0.25) is 0 Å². The number of carbonyl (C=O) groups is 2. The van der Waals surface area contributed by atoms with E-state index in [1.807, 2.05) is 0 Å². The van der Waals surface area contributed by atoms with Gasteiger partial charge in [-0.3, -0.25) is 4.79 Å². The highest BCUT2D eigenvalue weighted by Crippen LogP contribution is 2.22. The van der Waals surface area contributed by atoms with Gasteiger partial charge in [0, 0.05) is 0 Å². The highest BCUT2D eigenvalue weighted by molar-refractivity contribution is 6.33. The van der Waals surface area contributed by atoms with Crippen LogP contribution in [0.25, 0.3) is 0 Å². The number of aromatic carboxylic acids is 1. The number of carbonyl (C=O) groups excluding carboxylic acids is 1.